The van der Waals surface area contributed by atoms with Crippen molar-refractivity contribution in [2.45, 2.75) is 6.10 Å². The summed E-state index contributed by atoms with van der Waals surface area (Å²) in [6, 6.07) is 11.3. The van der Waals surface area contributed by atoms with Crippen molar-refractivity contribution in [3.63, 3.8) is 0 Å². The molecule has 2 aromatic rings. The molecule has 2 N–H and O–H groups in total. The Kier molecular flexibility index (Phi) is 4.70. The Morgan fingerprint density at radius 3 is 2.64 bits per heavy atom. The molecule has 1 heterocycles. The van der Waals surface area contributed by atoms with Gasteiger partial charge >= 0.3 is 5.97 Å². The van der Waals surface area contributed by atoms with Gasteiger partial charge in [-0.15, -0.1) is 0 Å². The lowest BCUT2D eigenvalue weighted by atomic mass is 9.96. The van der Waals surface area contributed by atoms with Gasteiger partial charge in [-0.2, -0.15) is 0 Å². The van der Waals surface area contributed by atoms with Crippen LogP contribution in [0, 0.1) is 0 Å². The molecule has 1 aliphatic heterocycles. The average molecular weight is 378 g/mol. The summed E-state index contributed by atoms with van der Waals surface area (Å²) in [5.41, 5.74) is 7.31. The zero-order valence-corrected chi connectivity index (χ0v) is 14.6. The molecular formula is C18H13Cl2NO4. The predicted octanol–water partition coefficient (Wildman–Crippen LogP) is 3.75. The number of rotatable bonds is 3. The summed E-state index contributed by atoms with van der Waals surface area (Å²) in [4.78, 5) is 24.5. The molecule has 0 fully saturated rings. The molecule has 0 spiro atoms. The number of carbonyl (C=O) groups excluding carboxylic acids is 2. The van der Waals surface area contributed by atoms with E-state index < -0.39 is 12.1 Å². The van der Waals surface area contributed by atoms with Crippen molar-refractivity contribution in [1.29, 1.82) is 0 Å². The maximum Gasteiger partial charge on any atom is 0.337 e. The molecule has 7 heteroatoms. The van der Waals surface area contributed by atoms with Crippen LogP contribution in [-0.4, -0.2) is 18.9 Å². The molecule has 25 heavy (non-hydrogen) atoms. The van der Waals surface area contributed by atoms with Gasteiger partial charge in [-0.25, -0.2) is 4.79 Å². The first-order valence-corrected chi connectivity index (χ1v) is 8.03. The lowest BCUT2D eigenvalue weighted by molar-refractivity contribution is -0.120. The van der Waals surface area contributed by atoms with Crippen molar-refractivity contribution < 1.29 is 19.1 Å². The molecule has 0 radical (unpaired) electrons. The first-order chi connectivity index (χ1) is 11.9. The molecule has 1 unspecified atom stereocenters. The first-order valence-electron chi connectivity index (χ1n) is 7.27. The van der Waals surface area contributed by atoms with E-state index >= 15 is 0 Å². The number of hydrogen-bond acceptors (Lipinski definition) is 5. The van der Waals surface area contributed by atoms with E-state index in [2.05, 4.69) is 0 Å². The van der Waals surface area contributed by atoms with Crippen LogP contribution in [0.3, 0.4) is 0 Å². The fourth-order valence-electron chi connectivity index (χ4n) is 2.62. The van der Waals surface area contributed by atoms with Crippen molar-refractivity contribution in [2.24, 2.45) is 5.73 Å². The van der Waals surface area contributed by atoms with E-state index in [1.54, 1.807) is 36.4 Å². The molecule has 128 valence electrons. The lowest BCUT2D eigenvalue weighted by Gasteiger charge is -2.12. The topological polar surface area (TPSA) is 78.6 Å². The maximum absolute atomic E-state index is 12.9. The Morgan fingerprint density at radius 1 is 1.20 bits per heavy atom. The summed E-state index contributed by atoms with van der Waals surface area (Å²) in [6.45, 7) is 0. The largest absolute Gasteiger partial charge is 0.465 e. The molecule has 3 rings (SSSR count). The minimum atomic E-state index is -0.983. The molecule has 0 saturated carbocycles. The van der Waals surface area contributed by atoms with E-state index in [-0.39, 0.29) is 22.3 Å². The van der Waals surface area contributed by atoms with Crippen LogP contribution in [-0.2, 0) is 14.3 Å². The van der Waals surface area contributed by atoms with Gasteiger partial charge < -0.3 is 15.2 Å². The molecule has 1 atom stereocenters. The molecule has 2 aromatic carbocycles. The summed E-state index contributed by atoms with van der Waals surface area (Å²) in [5.74, 6) is -0.904. The molecule has 0 aliphatic carbocycles. The van der Waals surface area contributed by atoms with Crippen molar-refractivity contribution in [2.75, 3.05) is 7.11 Å². The minimum Gasteiger partial charge on any atom is -0.465 e. The Morgan fingerprint density at radius 2 is 1.92 bits per heavy atom. The van der Waals surface area contributed by atoms with Gasteiger partial charge in [0.25, 0.3) is 0 Å². The zero-order valence-electron chi connectivity index (χ0n) is 13.1. The highest BCUT2D eigenvalue weighted by Gasteiger charge is 2.37. The van der Waals surface area contributed by atoms with Gasteiger partial charge in [0.05, 0.1) is 28.3 Å². The summed E-state index contributed by atoms with van der Waals surface area (Å²) in [7, 11) is 1.28. The van der Waals surface area contributed by atoms with E-state index in [9.17, 15) is 9.59 Å². The van der Waals surface area contributed by atoms with E-state index in [1.165, 1.54) is 13.2 Å². The molecule has 0 bridgehead atoms. The van der Waals surface area contributed by atoms with Crippen molar-refractivity contribution >= 4 is 40.5 Å². The summed E-state index contributed by atoms with van der Waals surface area (Å²) in [6.07, 6.45) is -0.983. The lowest BCUT2D eigenvalue weighted by Crippen LogP contribution is -2.10. The Bertz CT molecular complexity index is 908. The van der Waals surface area contributed by atoms with Gasteiger partial charge in [0.1, 0.15) is 0 Å². The number of nitrogens with two attached hydrogens (primary N) is 1. The number of benzene rings is 2. The number of hydrogen-bond donors (Lipinski definition) is 1. The van der Waals surface area contributed by atoms with Gasteiger partial charge in [0.2, 0.25) is 5.78 Å². The van der Waals surface area contributed by atoms with E-state index in [4.69, 9.17) is 38.4 Å². The summed E-state index contributed by atoms with van der Waals surface area (Å²) >= 11 is 12.2. The van der Waals surface area contributed by atoms with E-state index in [0.717, 1.165) is 0 Å². The number of ketones is 1. The molecular weight excluding hydrogens is 365 g/mol. The molecule has 1 aliphatic rings. The highest BCUT2D eigenvalue weighted by Crippen LogP contribution is 2.40. The van der Waals surface area contributed by atoms with Gasteiger partial charge in [-0.1, -0.05) is 47.5 Å². The number of ether oxygens (including phenoxy) is 2. The van der Waals surface area contributed by atoms with Crippen LogP contribution in [0.25, 0.3) is 5.57 Å². The second kappa shape index (κ2) is 6.78. The Hall–Kier alpha value is -2.50. The molecule has 5 nitrogen and oxygen atoms in total. The van der Waals surface area contributed by atoms with Gasteiger partial charge in [0, 0.05) is 5.56 Å². The normalized spacial score (nSPS) is 16.8. The van der Waals surface area contributed by atoms with Crippen molar-refractivity contribution in [3.8, 4) is 0 Å². The molecule has 0 saturated heterocycles. The van der Waals surface area contributed by atoms with Crippen LogP contribution in [0.2, 0.25) is 10.0 Å². The van der Waals surface area contributed by atoms with Crippen LogP contribution in [0.4, 0.5) is 0 Å². The highest BCUT2D eigenvalue weighted by atomic mass is 35.5. The quantitative estimate of drug-likeness (QED) is 0.824. The van der Waals surface area contributed by atoms with Crippen LogP contribution >= 0.6 is 23.2 Å². The number of Topliss-reactive ketones (excluding diaryl/α,β-unsaturated/α-hetero) is 1. The Labute approximate surface area is 153 Å². The van der Waals surface area contributed by atoms with Gasteiger partial charge in [-0.3, -0.25) is 4.79 Å². The highest BCUT2D eigenvalue weighted by molar-refractivity contribution is 6.42. The van der Waals surface area contributed by atoms with Crippen LogP contribution in [0.5, 0.6) is 0 Å². The number of halogens is 2. The minimum absolute atomic E-state index is 0.0342. The van der Waals surface area contributed by atoms with Gasteiger partial charge in [0.15, 0.2) is 12.0 Å². The number of esters is 1. The van der Waals surface area contributed by atoms with Crippen LogP contribution < -0.4 is 5.73 Å². The maximum atomic E-state index is 12.9. The van der Waals surface area contributed by atoms with Crippen LogP contribution in [0.1, 0.15) is 27.6 Å². The first kappa shape index (κ1) is 17.3. The number of methoxy groups -OCH3 is 1. The molecule has 0 aromatic heterocycles. The van der Waals surface area contributed by atoms with E-state index in [0.29, 0.717) is 21.7 Å². The summed E-state index contributed by atoms with van der Waals surface area (Å²) < 4.78 is 10.2. The SMILES string of the molecule is COC(=O)c1cccc(C2=C(N)OC(c3cccc(Cl)c3Cl)C2=O)c1. The Balaban J connectivity index is 1.99. The second-order valence-electron chi connectivity index (χ2n) is 5.32. The molecule has 0 amide bonds. The predicted molar refractivity (Wildman–Crippen MR) is 94.2 cm³/mol. The fourth-order valence-corrected chi connectivity index (χ4v) is 3.03. The zero-order chi connectivity index (χ0) is 18.1. The summed E-state index contributed by atoms with van der Waals surface area (Å²) in [5, 5.41) is 0.551. The average Bonchev–Trinajstić information content (AvgIpc) is 2.91. The van der Waals surface area contributed by atoms with E-state index in [1.807, 2.05) is 0 Å². The van der Waals surface area contributed by atoms with Gasteiger partial charge in [-0.05, 0) is 23.8 Å². The van der Waals surface area contributed by atoms with Crippen LogP contribution in [0.15, 0.2) is 48.3 Å². The van der Waals surface area contributed by atoms with Crippen molar-refractivity contribution in [1.82, 2.24) is 0 Å². The third kappa shape index (κ3) is 3.08. The smallest absolute Gasteiger partial charge is 0.337 e. The van der Waals surface area contributed by atoms with Crippen molar-refractivity contribution in [3.05, 3.63) is 75.1 Å². The second-order valence-corrected chi connectivity index (χ2v) is 6.10. The fraction of sp³-hybridized carbons (Fsp3) is 0.111. The number of carbonyl (C=O) groups is 2. The third-order valence-corrected chi connectivity index (χ3v) is 4.65. The third-order valence-electron chi connectivity index (χ3n) is 3.81. The monoisotopic (exact) mass is 377 g/mol. The standard InChI is InChI=1S/C18H13Cl2NO4/c1-24-18(23)10-5-2-4-9(8-10)13-15(22)16(25-17(13)21)11-6-3-7-12(19)14(11)20/h2-8,16H,21H2,1H3.